The Morgan fingerprint density at radius 1 is 1.62 bits per heavy atom. The van der Waals surface area contributed by atoms with Crippen LogP contribution in [0.25, 0.3) is 0 Å². The molecule has 0 atom stereocenters. The minimum absolute atomic E-state index is 0.575. The fourth-order valence-electron chi connectivity index (χ4n) is 0.902. The van der Waals surface area contributed by atoms with Gasteiger partial charge in [-0.2, -0.15) is 0 Å². The summed E-state index contributed by atoms with van der Waals surface area (Å²) in [5.74, 6) is 0.696. The largest absolute Gasteiger partial charge is 0.473 e. The molecule has 0 radical (unpaired) electrons. The number of hydrogen-bond donors (Lipinski definition) is 0. The first-order valence-corrected chi connectivity index (χ1v) is 4.89. The first-order chi connectivity index (χ1) is 6.24. The second-order valence-corrected chi connectivity index (χ2v) is 3.57. The maximum atomic E-state index is 5.41. The highest BCUT2D eigenvalue weighted by Gasteiger charge is 1.99. The van der Waals surface area contributed by atoms with Gasteiger partial charge in [0.2, 0.25) is 5.88 Å². The molecule has 0 saturated carbocycles. The molecule has 70 valence electrons. The van der Waals surface area contributed by atoms with Gasteiger partial charge in [-0.3, -0.25) is 0 Å². The smallest absolute Gasteiger partial charge is 0.216 e. The summed E-state index contributed by atoms with van der Waals surface area (Å²) >= 11 is 3.35. The number of allylic oxidation sites excluding steroid dienone is 1. The van der Waals surface area contributed by atoms with Gasteiger partial charge in [0.15, 0.2) is 0 Å². The zero-order valence-electron chi connectivity index (χ0n) is 7.75. The van der Waals surface area contributed by atoms with Gasteiger partial charge in [0.05, 0.1) is 0 Å². The van der Waals surface area contributed by atoms with Crippen LogP contribution >= 0.6 is 15.9 Å². The van der Waals surface area contributed by atoms with Crippen molar-refractivity contribution in [3.05, 3.63) is 34.5 Å². The Hall–Kier alpha value is -0.830. The maximum absolute atomic E-state index is 5.41. The number of halogens is 1. The summed E-state index contributed by atoms with van der Waals surface area (Å²) in [5, 5.41) is 0. The molecule has 1 heterocycles. The quantitative estimate of drug-likeness (QED) is 0.760. The molecule has 0 aliphatic carbocycles. The summed E-state index contributed by atoms with van der Waals surface area (Å²) in [6, 6.07) is 1.98. The highest BCUT2D eigenvalue weighted by Crippen LogP contribution is 2.18. The van der Waals surface area contributed by atoms with Crippen LogP contribution in [0.15, 0.2) is 28.9 Å². The van der Waals surface area contributed by atoms with E-state index in [-0.39, 0.29) is 0 Å². The van der Waals surface area contributed by atoms with E-state index in [0.29, 0.717) is 12.5 Å². The molecule has 0 aromatic carbocycles. The van der Waals surface area contributed by atoms with E-state index in [0.717, 1.165) is 10.0 Å². The van der Waals surface area contributed by atoms with Crippen LogP contribution in [0.5, 0.6) is 5.88 Å². The van der Waals surface area contributed by atoms with Crippen LogP contribution in [-0.4, -0.2) is 11.6 Å². The van der Waals surface area contributed by atoms with E-state index in [1.165, 1.54) is 0 Å². The first-order valence-electron chi connectivity index (χ1n) is 4.10. The highest BCUT2D eigenvalue weighted by atomic mass is 79.9. The van der Waals surface area contributed by atoms with Crippen molar-refractivity contribution in [1.29, 1.82) is 0 Å². The Morgan fingerprint density at radius 2 is 2.38 bits per heavy atom. The molecule has 0 fully saturated rings. The summed E-state index contributed by atoms with van der Waals surface area (Å²) in [7, 11) is 0. The van der Waals surface area contributed by atoms with Crippen molar-refractivity contribution in [1.82, 2.24) is 4.98 Å². The van der Waals surface area contributed by atoms with E-state index in [4.69, 9.17) is 4.74 Å². The zero-order valence-corrected chi connectivity index (χ0v) is 9.34. The monoisotopic (exact) mass is 241 g/mol. The molecule has 3 heteroatoms. The average molecular weight is 242 g/mol. The van der Waals surface area contributed by atoms with Gasteiger partial charge < -0.3 is 4.74 Å². The highest BCUT2D eigenvalue weighted by molar-refractivity contribution is 9.10. The summed E-state index contributed by atoms with van der Waals surface area (Å²) in [5.41, 5.74) is 1.04. The molecule has 0 aliphatic rings. The van der Waals surface area contributed by atoms with Crippen molar-refractivity contribution < 1.29 is 4.74 Å². The number of nitrogens with zero attached hydrogens (tertiary/aromatic N) is 1. The van der Waals surface area contributed by atoms with Crippen molar-refractivity contribution >= 4 is 15.9 Å². The van der Waals surface area contributed by atoms with E-state index >= 15 is 0 Å². The fourth-order valence-corrected chi connectivity index (χ4v) is 1.35. The van der Waals surface area contributed by atoms with Crippen LogP contribution in [0.3, 0.4) is 0 Å². The molecular weight excluding hydrogens is 230 g/mol. The van der Waals surface area contributed by atoms with Gasteiger partial charge in [0.25, 0.3) is 0 Å². The summed E-state index contributed by atoms with van der Waals surface area (Å²) in [6.07, 6.45) is 5.63. The van der Waals surface area contributed by atoms with Gasteiger partial charge in [-0.15, -0.1) is 0 Å². The van der Waals surface area contributed by atoms with Gasteiger partial charge >= 0.3 is 0 Å². The molecule has 0 amide bonds. The van der Waals surface area contributed by atoms with Crippen LogP contribution in [0.4, 0.5) is 0 Å². The lowest BCUT2D eigenvalue weighted by atomic mass is 10.3. The van der Waals surface area contributed by atoms with Gasteiger partial charge in [-0.1, -0.05) is 12.2 Å². The molecule has 13 heavy (non-hydrogen) atoms. The number of rotatable bonds is 3. The number of ether oxygens (including phenoxy) is 1. The number of aryl methyl sites for hydroxylation is 1. The molecule has 0 aliphatic heterocycles. The molecule has 0 N–H and O–H groups in total. The molecule has 1 aromatic heterocycles. The average Bonchev–Trinajstić information content (AvgIpc) is 2.09. The van der Waals surface area contributed by atoms with Crippen LogP contribution in [0, 0.1) is 6.92 Å². The first kappa shape index (κ1) is 10.3. The molecular formula is C10H12BrNO. The Labute approximate surface area is 86.8 Å². The normalized spacial score (nSPS) is 10.7. The van der Waals surface area contributed by atoms with Gasteiger partial charge in [0, 0.05) is 16.2 Å². The van der Waals surface area contributed by atoms with Crippen molar-refractivity contribution in [2.24, 2.45) is 0 Å². The zero-order chi connectivity index (χ0) is 9.68. The summed E-state index contributed by atoms with van der Waals surface area (Å²) < 4.78 is 6.39. The van der Waals surface area contributed by atoms with Crippen molar-refractivity contribution in [3.63, 3.8) is 0 Å². The predicted octanol–water partition coefficient (Wildman–Crippen LogP) is 3.11. The second kappa shape index (κ2) is 5.02. The van der Waals surface area contributed by atoms with Gasteiger partial charge in [0.1, 0.15) is 6.61 Å². The summed E-state index contributed by atoms with van der Waals surface area (Å²) in [6.45, 7) is 4.51. The fraction of sp³-hybridized carbons (Fsp3) is 0.300. The van der Waals surface area contributed by atoms with Crippen LogP contribution in [0.1, 0.15) is 12.5 Å². The van der Waals surface area contributed by atoms with E-state index < -0.39 is 0 Å². The van der Waals surface area contributed by atoms with E-state index in [1.54, 1.807) is 6.20 Å². The topological polar surface area (TPSA) is 22.1 Å². The van der Waals surface area contributed by atoms with E-state index in [9.17, 15) is 0 Å². The molecule has 0 unspecified atom stereocenters. The molecule has 1 rings (SSSR count). The Kier molecular flexibility index (Phi) is 3.96. The molecule has 0 bridgehead atoms. The molecule has 0 saturated heterocycles. The minimum Gasteiger partial charge on any atom is -0.473 e. The van der Waals surface area contributed by atoms with Crippen molar-refractivity contribution in [3.8, 4) is 5.88 Å². The lowest BCUT2D eigenvalue weighted by molar-refractivity contribution is 0.345. The lowest BCUT2D eigenvalue weighted by Gasteiger charge is -2.05. The van der Waals surface area contributed by atoms with Crippen LogP contribution in [-0.2, 0) is 0 Å². The SMILES string of the molecule is C/C=C/COc1ncc(Br)cc1C. The minimum atomic E-state index is 0.575. The second-order valence-electron chi connectivity index (χ2n) is 2.66. The van der Waals surface area contributed by atoms with Gasteiger partial charge in [-0.05, 0) is 35.8 Å². The maximum Gasteiger partial charge on any atom is 0.216 e. The van der Waals surface area contributed by atoms with Crippen molar-refractivity contribution in [2.45, 2.75) is 13.8 Å². The van der Waals surface area contributed by atoms with Crippen LogP contribution < -0.4 is 4.74 Å². The number of pyridine rings is 1. The van der Waals surface area contributed by atoms with Crippen LogP contribution in [0.2, 0.25) is 0 Å². The molecule has 1 aromatic rings. The molecule has 2 nitrogen and oxygen atoms in total. The summed E-state index contributed by atoms with van der Waals surface area (Å²) in [4.78, 5) is 4.15. The number of aromatic nitrogens is 1. The third-order valence-electron chi connectivity index (χ3n) is 1.55. The lowest BCUT2D eigenvalue weighted by Crippen LogP contribution is -1.97. The third-order valence-corrected chi connectivity index (χ3v) is 1.98. The third kappa shape index (κ3) is 3.19. The Morgan fingerprint density at radius 3 is 3.00 bits per heavy atom. The Balaban J connectivity index is 2.66. The van der Waals surface area contributed by atoms with E-state index in [1.807, 2.05) is 32.1 Å². The predicted molar refractivity (Wildman–Crippen MR) is 57.0 cm³/mol. The van der Waals surface area contributed by atoms with Gasteiger partial charge in [-0.25, -0.2) is 4.98 Å². The standard InChI is InChI=1S/C10H12BrNO/c1-3-4-5-13-10-8(2)6-9(11)7-12-10/h3-4,6-7H,5H2,1-2H3/b4-3+. The Bertz CT molecular complexity index is 310. The number of hydrogen-bond acceptors (Lipinski definition) is 2. The van der Waals surface area contributed by atoms with E-state index in [2.05, 4.69) is 20.9 Å². The van der Waals surface area contributed by atoms with Crippen molar-refractivity contribution in [2.75, 3.05) is 6.61 Å². The molecule has 0 spiro atoms.